The molecule has 112 valence electrons. The van der Waals surface area contributed by atoms with Gasteiger partial charge in [-0.15, -0.1) is 0 Å². The van der Waals surface area contributed by atoms with Crippen LogP contribution in [0.2, 0.25) is 0 Å². The number of alkyl halides is 1. The van der Waals surface area contributed by atoms with E-state index in [0.717, 1.165) is 47.5 Å². The molecule has 1 unspecified atom stereocenters. The zero-order chi connectivity index (χ0) is 15.1. The first-order valence-electron chi connectivity index (χ1n) is 7.57. The second-order valence-corrected chi connectivity index (χ2v) is 6.20. The fraction of sp³-hybridized carbons (Fsp3) is 0.389. The van der Waals surface area contributed by atoms with Crippen LogP contribution in [0, 0.1) is 5.92 Å². The number of rotatable bonds is 7. The van der Waals surface area contributed by atoms with Crippen molar-refractivity contribution in [2.24, 2.45) is 5.92 Å². The van der Waals surface area contributed by atoms with E-state index in [1.807, 2.05) is 36.4 Å². The van der Waals surface area contributed by atoms with E-state index in [9.17, 15) is 4.79 Å². The summed E-state index contributed by atoms with van der Waals surface area (Å²) >= 11 is 3.49. The molecule has 0 spiro atoms. The molecule has 2 aromatic carbocycles. The lowest BCUT2D eigenvalue weighted by atomic mass is 10.0. The van der Waals surface area contributed by atoms with Gasteiger partial charge in [-0.25, -0.2) is 0 Å². The van der Waals surface area contributed by atoms with E-state index in [1.54, 1.807) is 0 Å². The predicted molar refractivity (Wildman–Crippen MR) is 93.1 cm³/mol. The Labute approximate surface area is 135 Å². The van der Waals surface area contributed by atoms with Crippen LogP contribution in [0.1, 0.15) is 36.5 Å². The summed E-state index contributed by atoms with van der Waals surface area (Å²) in [6.07, 6.45) is 3.42. The zero-order valence-corrected chi connectivity index (χ0v) is 14.0. The van der Waals surface area contributed by atoms with E-state index in [2.05, 4.69) is 34.2 Å². The average Bonchev–Trinajstić information content (AvgIpc) is 2.52. The number of amides is 1. The van der Waals surface area contributed by atoms with Gasteiger partial charge in [0.05, 0.1) is 0 Å². The van der Waals surface area contributed by atoms with Crippen molar-refractivity contribution in [3.63, 3.8) is 0 Å². The van der Waals surface area contributed by atoms with Gasteiger partial charge in [0.25, 0.3) is 5.91 Å². The molecule has 0 aliphatic rings. The van der Waals surface area contributed by atoms with Crippen LogP contribution in [0.5, 0.6) is 0 Å². The molecule has 0 aliphatic heterocycles. The van der Waals surface area contributed by atoms with Gasteiger partial charge < -0.3 is 5.32 Å². The molecule has 0 aromatic heterocycles. The number of nitrogens with one attached hydrogen (secondary N) is 1. The lowest BCUT2D eigenvalue weighted by Gasteiger charge is -2.15. The molecule has 2 nitrogen and oxygen atoms in total. The predicted octanol–water partition coefficient (Wildman–Crippen LogP) is 4.77. The summed E-state index contributed by atoms with van der Waals surface area (Å²) in [6.45, 7) is 2.94. The van der Waals surface area contributed by atoms with Crippen LogP contribution >= 0.6 is 15.9 Å². The maximum atomic E-state index is 12.3. The van der Waals surface area contributed by atoms with Crippen LogP contribution in [-0.2, 0) is 0 Å². The van der Waals surface area contributed by atoms with Gasteiger partial charge in [-0.2, -0.15) is 0 Å². The van der Waals surface area contributed by atoms with Gasteiger partial charge in [-0.05, 0) is 41.7 Å². The Morgan fingerprint density at radius 2 is 1.90 bits per heavy atom. The summed E-state index contributed by atoms with van der Waals surface area (Å²) in [6, 6.07) is 14.0. The maximum Gasteiger partial charge on any atom is 0.251 e. The van der Waals surface area contributed by atoms with Crippen molar-refractivity contribution in [2.45, 2.75) is 26.2 Å². The molecule has 0 radical (unpaired) electrons. The first-order valence-corrected chi connectivity index (χ1v) is 8.69. The van der Waals surface area contributed by atoms with E-state index >= 15 is 0 Å². The number of hydrogen-bond donors (Lipinski definition) is 1. The molecule has 0 heterocycles. The monoisotopic (exact) mass is 347 g/mol. The number of carbonyl (C=O) groups is 1. The number of carbonyl (C=O) groups excluding carboxylic acids is 1. The Hall–Kier alpha value is -1.35. The minimum absolute atomic E-state index is 0.0245. The van der Waals surface area contributed by atoms with E-state index in [-0.39, 0.29) is 5.91 Å². The summed E-state index contributed by atoms with van der Waals surface area (Å²) in [5.74, 6) is 0.579. The smallest absolute Gasteiger partial charge is 0.251 e. The van der Waals surface area contributed by atoms with Crippen molar-refractivity contribution >= 4 is 32.6 Å². The fourth-order valence-electron chi connectivity index (χ4n) is 2.58. The third kappa shape index (κ3) is 4.57. The van der Waals surface area contributed by atoms with Gasteiger partial charge in [0, 0.05) is 17.4 Å². The standard InChI is InChI=1S/C18H22BrNO/c1-2-5-14(10-11-19)13-20-18(21)17-9-8-15-6-3-4-7-16(15)12-17/h3-4,6-9,12,14H,2,5,10-11,13H2,1H3,(H,20,21). The van der Waals surface area contributed by atoms with Crippen LogP contribution in [0.25, 0.3) is 10.8 Å². The molecule has 0 saturated heterocycles. The summed E-state index contributed by atoms with van der Waals surface area (Å²) in [5, 5.41) is 6.33. The summed E-state index contributed by atoms with van der Waals surface area (Å²) in [4.78, 5) is 12.3. The molecular weight excluding hydrogens is 326 g/mol. The van der Waals surface area contributed by atoms with Gasteiger partial charge in [0.2, 0.25) is 0 Å². The molecule has 2 aromatic rings. The van der Waals surface area contributed by atoms with Crippen LogP contribution in [0.4, 0.5) is 0 Å². The van der Waals surface area contributed by atoms with Crippen molar-refractivity contribution in [2.75, 3.05) is 11.9 Å². The second kappa shape index (κ2) is 8.18. The highest BCUT2D eigenvalue weighted by molar-refractivity contribution is 9.09. The van der Waals surface area contributed by atoms with Crippen LogP contribution in [0.15, 0.2) is 42.5 Å². The number of fused-ring (bicyclic) bond motifs is 1. The highest BCUT2D eigenvalue weighted by Crippen LogP contribution is 2.16. The number of halogens is 1. The minimum Gasteiger partial charge on any atom is -0.352 e. The van der Waals surface area contributed by atoms with Crippen molar-refractivity contribution in [3.05, 3.63) is 48.0 Å². The highest BCUT2D eigenvalue weighted by atomic mass is 79.9. The summed E-state index contributed by atoms with van der Waals surface area (Å²) < 4.78 is 0. The van der Waals surface area contributed by atoms with Crippen LogP contribution in [-0.4, -0.2) is 17.8 Å². The molecule has 2 rings (SSSR count). The molecule has 0 bridgehead atoms. The van der Waals surface area contributed by atoms with Crippen LogP contribution < -0.4 is 5.32 Å². The Balaban J connectivity index is 2.01. The van der Waals surface area contributed by atoms with Crippen molar-refractivity contribution in [1.29, 1.82) is 0 Å². The van der Waals surface area contributed by atoms with E-state index in [4.69, 9.17) is 0 Å². The highest BCUT2D eigenvalue weighted by Gasteiger charge is 2.11. The quantitative estimate of drug-likeness (QED) is 0.718. The SMILES string of the molecule is CCCC(CCBr)CNC(=O)c1ccc2ccccc2c1. The summed E-state index contributed by atoms with van der Waals surface area (Å²) in [7, 11) is 0. The molecule has 0 aliphatic carbocycles. The first-order chi connectivity index (χ1) is 10.2. The topological polar surface area (TPSA) is 29.1 Å². The Morgan fingerprint density at radius 1 is 1.14 bits per heavy atom. The molecule has 1 N–H and O–H groups in total. The maximum absolute atomic E-state index is 12.3. The minimum atomic E-state index is 0.0245. The van der Waals surface area contributed by atoms with Crippen molar-refractivity contribution < 1.29 is 4.79 Å². The molecule has 3 heteroatoms. The lowest BCUT2D eigenvalue weighted by molar-refractivity contribution is 0.0946. The average molecular weight is 348 g/mol. The third-order valence-corrected chi connectivity index (χ3v) is 4.24. The Morgan fingerprint density at radius 3 is 2.62 bits per heavy atom. The van der Waals surface area contributed by atoms with Gasteiger partial charge in [0.15, 0.2) is 0 Å². The molecule has 21 heavy (non-hydrogen) atoms. The fourth-order valence-corrected chi connectivity index (χ4v) is 3.23. The zero-order valence-electron chi connectivity index (χ0n) is 12.4. The van der Waals surface area contributed by atoms with Gasteiger partial charge in [-0.1, -0.05) is 59.6 Å². The summed E-state index contributed by atoms with van der Waals surface area (Å²) in [5.41, 5.74) is 0.739. The van der Waals surface area contributed by atoms with Crippen molar-refractivity contribution in [1.82, 2.24) is 5.32 Å². The first kappa shape index (κ1) is 16.0. The van der Waals surface area contributed by atoms with Gasteiger partial charge in [-0.3, -0.25) is 4.79 Å². The number of benzene rings is 2. The molecule has 0 fully saturated rings. The van der Waals surface area contributed by atoms with E-state index in [0.29, 0.717) is 5.92 Å². The normalized spacial score (nSPS) is 12.3. The van der Waals surface area contributed by atoms with E-state index in [1.165, 1.54) is 0 Å². The number of hydrogen-bond acceptors (Lipinski definition) is 1. The molecule has 1 amide bonds. The van der Waals surface area contributed by atoms with Gasteiger partial charge in [0.1, 0.15) is 0 Å². The largest absolute Gasteiger partial charge is 0.352 e. The van der Waals surface area contributed by atoms with Crippen molar-refractivity contribution in [3.8, 4) is 0 Å². The third-order valence-electron chi connectivity index (χ3n) is 3.78. The Bertz CT molecular complexity index is 591. The lowest BCUT2D eigenvalue weighted by Crippen LogP contribution is -2.29. The molecule has 1 atom stereocenters. The van der Waals surface area contributed by atoms with Gasteiger partial charge >= 0.3 is 0 Å². The van der Waals surface area contributed by atoms with E-state index < -0.39 is 0 Å². The van der Waals surface area contributed by atoms with Crippen LogP contribution in [0.3, 0.4) is 0 Å². The Kier molecular flexibility index (Phi) is 6.24. The molecule has 0 saturated carbocycles. The second-order valence-electron chi connectivity index (χ2n) is 5.40. The molecular formula is C18H22BrNO.